The van der Waals surface area contributed by atoms with E-state index >= 15 is 0 Å². The molecule has 3 aromatic carbocycles. The Morgan fingerprint density at radius 2 is 1.78 bits per heavy atom. The van der Waals surface area contributed by atoms with Crippen LogP contribution in [0.25, 0.3) is 21.7 Å². The van der Waals surface area contributed by atoms with E-state index in [0.29, 0.717) is 11.1 Å². The van der Waals surface area contributed by atoms with E-state index in [1.165, 1.54) is 18.3 Å². The molecule has 4 aromatic rings. The SMILES string of the molecule is O=C(N/N=C\c1cc(Cl)c(O)c(Cl)c1)c1cc2c(ccc3ccccc32)o1. The average Bonchev–Trinajstić information content (AvgIpc) is 3.11. The second-order valence-corrected chi connectivity index (χ2v) is 6.66. The maximum Gasteiger partial charge on any atom is 0.307 e. The van der Waals surface area contributed by atoms with Gasteiger partial charge in [0.05, 0.1) is 16.3 Å². The van der Waals surface area contributed by atoms with E-state index in [9.17, 15) is 9.90 Å². The van der Waals surface area contributed by atoms with E-state index in [2.05, 4.69) is 10.5 Å². The number of benzene rings is 3. The molecule has 0 aliphatic rings. The van der Waals surface area contributed by atoms with Crippen molar-refractivity contribution in [1.29, 1.82) is 0 Å². The van der Waals surface area contributed by atoms with Crippen LogP contribution in [0, 0.1) is 0 Å². The van der Waals surface area contributed by atoms with Crippen molar-refractivity contribution >= 4 is 57.1 Å². The minimum absolute atomic E-state index is 0.0967. The molecule has 5 nitrogen and oxygen atoms in total. The van der Waals surface area contributed by atoms with E-state index in [4.69, 9.17) is 27.6 Å². The summed E-state index contributed by atoms with van der Waals surface area (Å²) in [5.41, 5.74) is 3.55. The zero-order valence-corrected chi connectivity index (χ0v) is 15.3. The van der Waals surface area contributed by atoms with Crippen molar-refractivity contribution in [3.8, 4) is 5.75 Å². The number of carbonyl (C=O) groups is 1. The Kier molecular flexibility index (Phi) is 4.48. The minimum atomic E-state index is -0.484. The van der Waals surface area contributed by atoms with Crippen molar-refractivity contribution in [1.82, 2.24) is 5.43 Å². The van der Waals surface area contributed by atoms with Gasteiger partial charge in [-0.25, -0.2) is 5.43 Å². The highest BCUT2D eigenvalue weighted by molar-refractivity contribution is 6.37. The van der Waals surface area contributed by atoms with E-state index in [-0.39, 0.29) is 21.6 Å². The molecule has 1 aromatic heterocycles. The van der Waals surface area contributed by atoms with Gasteiger partial charge in [0, 0.05) is 5.39 Å². The third kappa shape index (κ3) is 3.35. The highest BCUT2D eigenvalue weighted by Crippen LogP contribution is 2.32. The van der Waals surface area contributed by atoms with Gasteiger partial charge in [0.2, 0.25) is 0 Å². The Morgan fingerprint density at radius 3 is 2.56 bits per heavy atom. The minimum Gasteiger partial charge on any atom is -0.505 e. The summed E-state index contributed by atoms with van der Waals surface area (Å²) in [6.45, 7) is 0. The molecule has 1 heterocycles. The predicted molar refractivity (Wildman–Crippen MR) is 107 cm³/mol. The third-order valence-electron chi connectivity index (χ3n) is 4.07. The number of phenols is 1. The molecular weight excluding hydrogens is 387 g/mol. The Balaban J connectivity index is 1.57. The van der Waals surface area contributed by atoms with Gasteiger partial charge in [-0.1, -0.05) is 53.5 Å². The molecule has 0 saturated carbocycles. The van der Waals surface area contributed by atoms with Gasteiger partial charge in [0.1, 0.15) is 5.58 Å². The lowest BCUT2D eigenvalue weighted by Gasteiger charge is -2.01. The topological polar surface area (TPSA) is 74.8 Å². The van der Waals surface area contributed by atoms with Crippen molar-refractivity contribution in [3.05, 3.63) is 76.0 Å². The molecule has 0 atom stereocenters. The molecule has 0 bridgehead atoms. The average molecular weight is 399 g/mol. The number of fused-ring (bicyclic) bond motifs is 3. The predicted octanol–water partition coefficient (Wildman–Crippen LogP) is 5.36. The monoisotopic (exact) mass is 398 g/mol. The van der Waals surface area contributed by atoms with Crippen LogP contribution in [0.2, 0.25) is 10.0 Å². The summed E-state index contributed by atoms with van der Waals surface area (Å²) >= 11 is 11.7. The van der Waals surface area contributed by atoms with Crippen molar-refractivity contribution in [2.24, 2.45) is 5.10 Å². The molecule has 0 unspecified atom stereocenters. The van der Waals surface area contributed by atoms with Crippen LogP contribution in [0.5, 0.6) is 5.75 Å². The van der Waals surface area contributed by atoms with Crippen LogP contribution in [-0.4, -0.2) is 17.2 Å². The summed E-state index contributed by atoms with van der Waals surface area (Å²) < 4.78 is 5.63. The number of rotatable bonds is 3. The first-order chi connectivity index (χ1) is 13.0. The lowest BCUT2D eigenvalue weighted by molar-refractivity contribution is 0.0929. The second-order valence-electron chi connectivity index (χ2n) is 5.84. The summed E-state index contributed by atoms with van der Waals surface area (Å²) in [5.74, 6) is -0.531. The number of hydrogen-bond acceptors (Lipinski definition) is 4. The zero-order valence-electron chi connectivity index (χ0n) is 13.7. The van der Waals surface area contributed by atoms with Crippen molar-refractivity contribution in [3.63, 3.8) is 0 Å². The maximum atomic E-state index is 12.3. The zero-order chi connectivity index (χ0) is 19.0. The largest absolute Gasteiger partial charge is 0.505 e. The molecular formula is C20H12Cl2N2O3. The molecule has 0 spiro atoms. The van der Waals surface area contributed by atoms with Crippen LogP contribution in [0.3, 0.4) is 0 Å². The van der Waals surface area contributed by atoms with Gasteiger partial charge in [-0.15, -0.1) is 0 Å². The highest BCUT2D eigenvalue weighted by atomic mass is 35.5. The number of nitrogens with zero attached hydrogens (tertiary/aromatic N) is 1. The first kappa shape index (κ1) is 17.4. The van der Waals surface area contributed by atoms with E-state index in [1.807, 2.05) is 36.4 Å². The molecule has 4 rings (SSSR count). The van der Waals surface area contributed by atoms with Crippen molar-refractivity contribution in [2.75, 3.05) is 0 Å². The maximum absolute atomic E-state index is 12.3. The second kappa shape index (κ2) is 6.95. The number of aromatic hydroxyl groups is 1. The van der Waals surface area contributed by atoms with Gasteiger partial charge >= 0.3 is 5.91 Å². The summed E-state index contributed by atoms with van der Waals surface area (Å²) in [6, 6.07) is 16.3. The Hall–Kier alpha value is -3.02. The number of phenolic OH excluding ortho intramolecular Hbond substituents is 1. The smallest absolute Gasteiger partial charge is 0.307 e. The summed E-state index contributed by atoms with van der Waals surface area (Å²) in [5, 5.41) is 16.6. The molecule has 0 radical (unpaired) electrons. The third-order valence-corrected chi connectivity index (χ3v) is 4.64. The van der Waals surface area contributed by atoms with Crippen LogP contribution in [0.4, 0.5) is 0 Å². The molecule has 2 N–H and O–H groups in total. The summed E-state index contributed by atoms with van der Waals surface area (Å²) in [6.07, 6.45) is 1.37. The molecule has 0 aliphatic heterocycles. The number of hydrazone groups is 1. The van der Waals surface area contributed by atoms with Gasteiger partial charge in [-0.05, 0) is 40.6 Å². The quantitative estimate of drug-likeness (QED) is 0.360. The van der Waals surface area contributed by atoms with E-state index in [1.54, 1.807) is 6.07 Å². The van der Waals surface area contributed by atoms with Crippen LogP contribution >= 0.6 is 23.2 Å². The number of nitrogens with one attached hydrogen (secondary N) is 1. The van der Waals surface area contributed by atoms with Crippen LogP contribution in [0.1, 0.15) is 16.1 Å². The Morgan fingerprint density at radius 1 is 1.04 bits per heavy atom. The molecule has 0 saturated heterocycles. The summed E-state index contributed by atoms with van der Waals surface area (Å²) in [4.78, 5) is 12.3. The summed E-state index contributed by atoms with van der Waals surface area (Å²) in [7, 11) is 0. The number of furan rings is 1. The molecule has 0 fully saturated rings. The van der Waals surface area contributed by atoms with E-state index < -0.39 is 5.91 Å². The van der Waals surface area contributed by atoms with Gasteiger partial charge in [-0.3, -0.25) is 4.79 Å². The normalized spacial score (nSPS) is 11.5. The lowest BCUT2D eigenvalue weighted by atomic mass is 10.1. The van der Waals surface area contributed by atoms with Gasteiger partial charge < -0.3 is 9.52 Å². The number of hydrogen-bond donors (Lipinski definition) is 2. The fourth-order valence-corrected chi connectivity index (χ4v) is 3.29. The highest BCUT2D eigenvalue weighted by Gasteiger charge is 2.13. The number of carbonyl (C=O) groups excluding carboxylic acids is 1. The standard InChI is InChI=1S/C20H12Cl2N2O3/c21-15-7-11(8-16(22)19(15)25)10-23-24-20(26)18-9-14-13-4-2-1-3-12(13)5-6-17(14)27-18/h1-10,25H,(H,24,26)/b23-10-. The van der Waals surface area contributed by atoms with Crippen LogP contribution < -0.4 is 5.43 Å². The van der Waals surface area contributed by atoms with Gasteiger partial charge in [-0.2, -0.15) is 5.10 Å². The first-order valence-corrected chi connectivity index (χ1v) is 8.71. The van der Waals surface area contributed by atoms with E-state index in [0.717, 1.165) is 16.2 Å². The Bertz CT molecular complexity index is 1190. The molecule has 1 amide bonds. The molecule has 27 heavy (non-hydrogen) atoms. The van der Waals surface area contributed by atoms with Gasteiger partial charge in [0.15, 0.2) is 11.5 Å². The molecule has 7 heteroatoms. The number of halogens is 2. The molecule has 134 valence electrons. The van der Waals surface area contributed by atoms with Crippen molar-refractivity contribution in [2.45, 2.75) is 0 Å². The van der Waals surface area contributed by atoms with Gasteiger partial charge in [0.25, 0.3) is 0 Å². The first-order valence-electron chi connectivity index (χ1n) is 7.95. The molecule has 0 aliphatic carbocycles. The Labute approximate surface area is 163 Å². The van der Waals surface area contributed by atoms with Crippen molar-refractivity contribution < 1.29 is 14.3 Å². The lowest BCUT2D eigenvalue weighted by Crippen LogP contribution is -2.16. The number of amides is 1. The fraction of sp³-hybridized carbons (Fsp3) is 0. The van der Waals surface area contributed by atoms with Crippen LogP contribution in [0.15, 0.2) is 64.1 Å². The fourth-order valence-electron chi connectivity index (χ4n) is 2.78. The van der Waals surface area contributed by atoms with Crippen LogP contribution in [-0.2, 0) is 0 Å².